The van der Waals surface area contributed by atoms with Gasteiger partial charge in [-0.05, 0) is 35.4 Å². The Morgan fingerprint density at radius 2 is 2.25 bits per heavy atom. The molecule has 0 saturated heterocycles. The number of nitrogens with two attached hydrogens (primary N) is 1. The summed E-state index contributed by atoms with van der Waals surface area (Å²) < 4.78 is 0. The molecule has 0 aromatic heterocycles. The van der Waals surface area contributed by atoms with Gasteiger partial charge < -0.3 is 5.73 Å². The van der Waals surface area contributed by atoms with Crippen molar-refractivity contribution in [1.29, 1.82) is 0 Å². The summed E-state index contributed by atoms with van der Waals surface area (Å²) in [5.41, 5.74) is 7.04. The molecule has 0 bridgehead atoms. The zero-order valence-corrected chi connectivity index (χ0v) is 7.08. The second kappa shape index (κ2) is 3.93. The zero-order chi connectivity index (χ0) is 8.97. The predicted octanol–water partition coefficient (Wildman–Crippen LogP) is 2.05. The average molecular weight is 182 g/mol. The second-order valence-electron chi connectivity index (χ2n) is 2.31. The molecule has 3 heteroatoms. The van der Waals surface area contributed by atoms with Crippen LogP contribution in [0.25, 0.3) is 6.08 Å². The Kier molecular flexibility index (Phi) is 2.88. The molecule has 2 N–H and O–H groups in total. The Balaban J connectivity index is 2.83. The lowest BCUT2D eigenvalue weighted by Gasteiger charge is -1.93. The lowest BCUT2D eigenvalue weighted by molar-refractivity contribution is -0.107. The maximum absolute atomic E-state index is 10.3. The van der Waals surface area contributed by atoms with Crippen molar-refractivity contribution in [2.24, 2.45) is 0 Å². The number of allylic oxidation sites excluding steroid dienone is 1. The summed E-state index contributed by atoms with van der Waals surface area (Å²) in [6.07, 6.45) is 2.90. The van der Waals surface area contributed by atoms with Gasteiger partial charge in [-0.1, -0.05) is 18.2 Å². The number of carbonyl (C=O) groups is 1. The number of halogens is 1. The van der Waals surface area contributed by atoms with Gasteiger partial charge in [0.25, 0.3) is 0 Å². The summed E-state index contributed by atoms with van der Waals surface area (Å²) in [5.74, 6) is 0. The minimum absolute atomic E-state index is 0.488. The molecule has 0 heterocycles. The summed E-state index contributed by atoms with van der Waals surface area (Å²) >= 11 is 5.11. The van der Waals surface area contributed by atoms with Crippen LogP contribution >= 0.6 is 11.6 Å². The maximum Gasteiger partial charge on any atom is 0.245 e. The van der Waals surface area contributed by atoms with Crippen LogP contribution in [0, 0.1) is 0 Å². The van der Waals surface area contributed by atoms with Crippen molar-refractivity contribution < 1.29 is 4.79 Å². The highest BCUT2D eigenvalue weighted by Gasteiger charge is 1.89. The Bertz CT molecular complexity index is 320. The quantitative estimate of drug-likeness (QED) is 0.431. The normalized spacial score (nSPS) is 10.4. The Morgan fingerprint density at radius 3 is 2.83 bits per heavy atom. The van der Waals surface area contributed by atoms with Gasteiger partial charge in [0.05, 0.1) is 0 Å². The van der Waals surface area contributed by atoms with Gasteiger partial charge in [-0.2, -0.15) is 0 Å². The molecule has 62 valence electrons. The van der Waals surface area contributed by atoms with E-state index >= 15 is 0 Å². The van der Waals surface area contributed by atoms with Crippen molar-refractivity contribution in [3.63, 3.8) is 0 Å². The molecule has 12 heavy (non-hydrogen) atoms. The minimum Gasteiger partial charge on any atom is -0.399 e. The van der Waals surface area contributed by atoms with Crippen molar-refractivity contribution in [3.8, 4) is 0 Å². The number of anilines is 1. The molecule has 0 radical (unpaired) electrons. The predicted molar refractivity (Wildman–Crippen MR) is 50.7 cm³/mol. The molecule has 1 aromatic carbocycles. The lowest BCUT2D eigenvalue weighted by Crippen LogP contribution is -1.84. The van der Waals surface area contributed by atoms with E-state index in [0.29, 0.717) is 5.69 Å². The van der Waals surface area contributed by atoms with E-state index in [4.69, 9.17) is 17.3 Å². The highest BCUT2D eigenvalue weighted by Crippen LogP contribution is 2.08. The molecular weight excluding hydrogens is 174 g/mol. The van der Waals surface area contributed by atoms with Crippen LogP contribution in [0.1, 0.15) is 5.56 Å². The Morgan fingerprint density at radius 1 is 1.50 bits per heavy atom. The number of hydrogen-bond donors (Lipinski definition) is 1. The van der Waals surface area contributed by atoms with Gasteiger partial charge in [-0.15, -0.1) is 0 Å². The van der Waals surface area contributed by atoms with E-state index in [-0.39, 0.29) is 0 Å². The van der Waals surface area contributed by atoms with Crippen molar-refractivity contribution in [1.82, 2.24) is 0 Å². The minimum atomic E-state index is -0.488. The van der Waals surface area contributed by atoms with E-state index in [9.17, 15) is 4.79 Å². The molecule has 2 nitrogen and oxygen atoms in total. The molecular formula is C9H8ClNO. The van der Waals surface area contributed by atoms with Gasteiger partial charge in [-0.3, -0.25) is 4.79 Å². The van der Waals surface area contributed by atoms with Gasteiger partial charge in [0.1, 0.15) is 0 Å². The summed E-state index contributed by atoms with van der Waals surface area (Å²) in [6.45, 7) is 0. The van der Waals surface area contributed by atoms with Crippen molar-refractivity contribution in [2.75, 3.05) is 5.73 Å². The van der Waals surface area contributed by atoms with Gasteiger partial charge in [0, 0.05) is 5.69 Å². The van der Waals surface area contributed by atoms with Crippen LogP contribution in [0.3, 0.4) is 0 Å². The summed E-state index contributed by atoms with van der Waals surface area (Å²) in [6, 6.07) is 7.19. The SMILES string of the molecule is Nc1cccc(C=CC(=O)Cl)c1. The van der Waals surface area contributed by atoms with Crippen LogP contribution in [0.5, 0.6) is 0 Å². The standard InChI is InChI=1S/C9H8ClNO/c10-9(12)5-4-7-2-1-3-8(11)6-7/h1-6H,11H2. The van der Waals surface area contributed by atoms with Crippen LogP contribution in [0.15, 0.2) is 30.3 Å². The summed E-state index contributed by atoms with van der Waals surface area (Å²) in [7, 11) is 0. The van der Waals surface area contributed by atoms with E-state index in [0.717, 1.165) is 5.56 Å². The van der Waals surface area contributed by atoms with Gasteiger partial charge >= 0.3 is 0 Å². The number of rotatable bonds is 2. The molecule has 0 saturated carbocycles. The number of nitrogen functional groups attached to an aromatic ring is 1. The molecule has 1 aromatic rings. The average Bonchev–Trinajstić information content (AvgIpc) is 2.01. The van der Waals surface area contributed by atoms with E-state index < -0.39 is 5.24 Å². The van der Waals surface area contributed by atoms with Crippen molar-refractivity contribution in [2.45, 2.75) is 0 Å². The Labute approximate surface area is 75.6 Å². The molecule has 1 rings (SSSR count). The Hall–Kier alpha value is -1.28. The first kappa shape index (κ1) is 8.81. The van der Waals surface area contributed by atoms with Gasteiger partial charge in [0.15, 0.2) is 0 Å². The van der Waals surface area contributed by atoms with Crippen LogP contribution in [0.4, 0.5) is 5.69 Å². The molecule has 0 aliphatic rings. The van der Waals surface area contributed by atoms with Gasteiger partial charge in [0.2, 0.25) is 5.24 Å². The third kappa shape index (κ3) is 2.76. The van der Waals surface area contributed by atoms with Crippen LogP contribution < -0.4 is 5.73 Å². The maximum atomic E-state index is 10.3. The van der Waals surface area contributed by atoms with E-state index in [1.54, 1.807) is 18.2 Å². The number of benzene rings is 1. The smallest absolute Gasteiger partial charge is 0.245 e. The lowest BCUT2D eigenvalue weighted by atomic mass is 10.2. The van der Waals surface area contributed by atoms with Crippen LogP contribution in [-0.4, -0.2) is 5.24 Å². The molecule has 0 atom stereocenters. The third-order valence-corrected chi connectivity index (χ3v) is 1.44. The second-order valence-corrected chi connectivity index (χ2v) is 2.68. The topological polar surface area (TPSA) is 43.1 Å². The van der Waals surface area contributed by atoms with Crippen molar-refractivity contribution in [3.05, 3.63) is 35.9 Å². The highest BCUT2D eigenvalue weighted by molar-refractivity contribution is 6.66. The largest absolute Gasteiger partial charge is 0.399 e. The first-order chi connectivity index (χ1) is 5.68. The highest BCUT2D eigenvalue weighted by atomic mass is 35.5. The van der Waals surface area contributed by atoms with Crippen molar-refractivity contribution >= 4 is 28.6 Å². The molecule has 0 aliphatic heterocycles. The van der Waals surface area contributed by atoms with Gasteiger partial charge in [-0.25, -0.2) is 0 Å². The molecule has 0 unspecified atom stereocenters. The number of carbonyl (C=O) groups excluding carboxylic acids is 1. The first-order valence-electron chi connectivity index (χ1n) is 3.41. The fourth-order valence-corrected chi connectivity index (χ4v) is 0.887. The molecule has 0 aliphatic carbocycles. The van der Waals surface area contributed by atoms with E-state index in [1.165, 1.54) is 6.08 Å². The number of hydrogen-bond acceptors (Lipinski definition) is 2. The monoisotopic (exact) mass is 181 g/mol. The van der Waals surface area contributed by atoms with E-state index in [2.05, 4.69) is 0 Å². The molecule has 0 amide bonds. The first-order valence-corrected chi connectivity index (χ1v) is 3.79. The summed E-state index contributed by atoms with van der Waals surface area (Å²) in [4.78, 5) is 10.3. The molecule has 0 spiro atoms. The third-order valence-electron chi connectivity index (χ3n) is 1.32. The zero-order valence-electron chi connectivity index (χ0n) is 6.33. The summed E-state index contributed by atoms with van der Waals surface area (Å²) in [5, 5.41) is -0.488. The van der Waals surface area contributed by atoms with E-state index in [1.807, 2.05) is 12.1 Å². The molecule has 0 fully saturated rings. The fraction of sp³-hybridized carbons (Fsp3) is 0. The van der Waals surface area contributed by atoms with Crippen LogP contribution in [0.2, 0.25) is 0 Å². The fourth-order valence-electron chi connectivity index (χ4n) is 0.824. The van der Waals surface area contributed by atoms with Crippen LogP contribution in [-0.2, 0) is 4.79 Å².